The first-order valence-corrected chi connectivity index (χ1v) is 14.8. The molecule has 0 aromatic heterocycles. The normalized spacial score (nSPS) is 38.9. The van der Waals surface area contributed by atoms with Crippen molar-refractivity contribution in [1.29, 1.82) is 0 Å². The maximum atomic E-state index is 13.6. The zero-order valence-electron chi connectivity index (χ0n) is 22.3. The summed E-state index contributed by atoms with van der Waals surface area (Å²) in [5.74, 6) is 0.941. The van der Waals surface area contributed by atoms with Crippen LogP contribution in [0.15, 0.2) is 0 Å². The Labute approximate surface area is 216 Å². The van der Waals surface area contributed by atoms with E-state index in [0.717, 1.165) is 65.0 Å². The number of halogens is 1. The largest absolute Gasteiger partial charge is 0.349 e. The molecule has 4 aliphatic heterocycles. The number of hydrogen-bond acceptors (Lipinski definition) is 4. The summed E-state index contributed by atoms with van der Waals surface area (Å²) in [4.78, 5) is 34.6. The average molecular weight is 509 g/mol. The van der Waals surface area contributed by atoms with Gasteiger partial charge in [0.1, 0.15) is 30.5 Å². The number of piperidine rings is 1. The van der Waals surface area contributed by atoms with E-state index in [-0.39, 0.29) is 29.9 Å². The fraction of sp³-hybridized carbons (Fsp3) is 0.926. The van der Waals surface area contributed by atoms with Crippen LogP contribution in [0.5, 0.6) is 0 Å². The summed E-state index contributed by atoms with van der Waals surface area (Å²) < 4.78 is 13.6. The third-order valence-electron chi connectivity index (χ3n) is 10.0. The molecule has 5 rings (SSSR count). The zero-order valence-corrected chi connectivity index (χ0v) is 22.3. The molecule has 0 bridgehead atoms. The van der Waals surface area contributed by atoms with Gasteiger partial charge >= 0.3 is 0 Å². The van der Waals surface area contributed by atoms with Gasteiger partial charge in [0.05, 0.1) is 20.1 Å². The number of alkyl halides is 1. The fourth-order valence-electron chi connectivity index (χ4n) is 7.66. The van der Waals surface area contributed by atoms with Crippen LogP contribution in [0.4, 0.5) is 4.39 Å². The highest BCUT2D eigenvalue weighted by atomic mass is 19.1. The molecule has 204 valence electrons. The molecule has 36 heavy (non-hydrogen) atoms. The first kappa shape index (κ1) is 26.3. The minimum absolute atomic E-state index is 0.0847. The van der Waals surface area contributed by atoms with Gasteiger partial charge in [-0.25, -0.2) is 4.39 Å². The lowest BCUT2D eigenvalue weighted by atomic mass is 9.87. The van der Waals surface area contributed by atoms with Crippen molar-refractivity contribution < 1.29 is 24.2 Å². The maximum absolute atomic E-state index is 13.6. The summed E-state index contributed by atoms with van der Waals surface area (Å²) in [7, 11) is 2.23. The number of carbonyl (C=O) groups is 2. The SMILES string of the molecule is C[NH+]1C(CCC(=O)N2CCN(C3CCCC[NH2+]3)CC2)CNC(=O)C2C1CCN2CC1CCC(F)CC1. The predicted molar refractivity (Wildman–Crippen MR) is 136 cm³/mol. The van der Waals surface area contributed by atoms with Gasteiger partial charge < -0.3 is 20.4 Å². The molecule has 4 heterocycles. The fourth-order valence-corrected chi connectivity index (χ4v) is 7.66. The Morgan fingerprint density at radius 2 is 1.83 bits per heavy atom. The van der Waals surface area contributed by atoms with Crippen molar-refractivity contribution in [2.24, 2.45) is 5.92 Å². The van der Waals surface area contributed by atoms with Gasteiger partial charge in [0.25, 0.3) is 0 Å². The van der Waals surface area contributed by atoms with Gasteiger partial charge in [-0.2, -0.15) is 0 Å². The number of nitrogens with two attached hydrogens (primary N) is 1. The Hall–Kier alpha value is -1.29. The summed E-state index contributed by atoms with van der Waals surface area (Å²) in [5.41, 5.74) is 0. The van der Waals surface area contributed by atoms with E-state index < -0.39 is 6.17 Å². The van der Waals surface area contributed by atoms with Crippen LogP contribution in [-0.4, -0.2) is 116 Å². The number of nitrogens with zero attached hydrogens (tertiary/aromatic N) is 3. The highest BCUT2D eigenvalue weighted by Gasteiger charge is 2.48. The molecule has 0 spiro atoms. The number of amides is 2. The number of nitrogens with one attached hydrogen (secondary N) is 2. The molecule has 8 nitrogen and oxygen atoms in total. The minimum Gasteiger partial charge on any atom is -0.349 e. The molecule has 4 N–H and O–H groups in total. The van der Waals surface area contributed by atoms with Crippen LogP contribution in [0.25, 0.3) is 0 Å². The van der Waals surface area contributed by atoms with Gasteiger partial charge in [-0.3, -0.25) is 19.4 Å². The van der Waals surface area contributed by atoms with Crippen molar-refractivity contribution >= 4 is 11.8 Å². The second kappa shape index (κ2) is 12.0. The standard InChI is InChI=1S/C27H47FN6O2/c1-31-22(9-10-25(35)33-16-14-32(15-17-33)24-4-2-3-12-29-24)18-30-27(36)26-23(31)11-13-34(26)19-20-5-7-21(28)8-6-20/h20-24,26,29H,2-19H2,1H3,(H,30,36)/p+2. The Morgan fingerprint density at radius 3 is 2.56 bits per heavy atom. The number of carbonyl (C=O) groups excluding carboxylic acids is 2. The number of likely N-dealkylation sites (N-methyl/N-ethyl adjacent to an activating group) is 1. The third kappa shape index (κ3) is 6.05. The summed E-state index contributed by atoms with van der Waals surface area (Å²) in [6.07, 6.45) is 9.56. The second-order valence-electron chi connectivity index (χ2n) is 12.2. The topological polar surface area (TPSA) is 76.9 Å². The number of quaternary nitrogens is 2. The predicted octanol–water partition coefficient (Wildman–Crippen LogP) is -1.03. The summed E-state index contributed by atoms with van der Waals surface area (Å²) >= 11 is 0. The molecule has 5 unspecified atom stereocenters. The van der Waals surface area contributed by atoms with Crippen LogP contribution >= 0.6 is 0 Å². The number of hydrogen-bond donors (Lipinski definition) is 3. The van der Waals surface area contributed by atoms with Crippen molar-refractivity contribution in [1.82, 2.24) is 20.0 Å². The Bertz CT molecular complexity index is 749. The van der Waals surface area contributed by atoms with Gasteiger partial charge in [0.15, 0.2) is 0 Å². The van der Waals surface area contributed by atoms with E-state index in [1.807, 2.05) is 0 Å². The summed E-state index contributed by atoms with van der Waals surface area (Å²) in [6.45, 7) is 7.42. The van der Waals surface area contributed by atoms with E-state index >= 15 is 0 Å². The Morgan fingerprint density at radius 1 is 1.06 bits per heavy atom. The molecule has 4 saturated heterocycles. The van der Waals surface area contributed by atoms with E-state index in [4.69, 9.17) is 0 Å². The maximum Gasteiger partial charge on any atom is 0.243 e. The van der Waals surface area contributed by atoms with Gasteiger partial charge in [0, 0.05) is 65.0 Å². The summed E-state index contributed by atoms with van der Waals surface area (Å²) in [5, 5.41) is 5.70. The number of piperazine rings is 1. The quantitative estimate of drug-likeness (QED) is 0.429. The lowest BCUT2D eigenvalue weighted by Gasteiger charge is -2.39. The van der Waals surface area contributed by atoms with Crippen LogP contribution in [0.1, 0.15) is 64.2 Å². The van der Waals surface area contributed by atoms with Gasteiger partial charge in [0.2, 0.25) is 11.8 Å². The molecule has 0 aromatic rings. The zero-order chi connectivity index (χ0) is 25.1. The molecule has 9 heteroatoms. The van der Waals surface area contributed by atoms with Gasteiger partial charge in [-0.05, 0) is 44.4 Å². The molecule has 5 aliphatic rings. The molecule has 1 aliphatic carbocycles. The van der Waals surface area contributed by atoms with E-state index in [2.05, 4.69) is 32.4 Å². The number of likely N-dealkylation sites (tertiary alicyclic amines) is 1. The monoisotopic (exact) mass is 508 g/mol. The molecular weight excluding hydrogens is 459 g/mol. The van der Waals surface area contributed by atoms with Crippen LogP contribution in [0, 0.1) is 5.92 Å². The molecule has 2 amide bonds. The second-order valence-corrected chi connectivity index (χ2v) is 12.2. The molecule has 0 aromatic carbocycles. The minimum atomic E-state index is -0.632. The third-order valence-corrected chi connectivity index (χ3v) is 10.0. The van der Waals surface area contributed by atoms with Crippen molar-refractivity contribution in [2.75, 3.05) is 59.4 Å². The molecule has 5 fully saturated rings. The van der Waals surface area contributed by atoms with Crippen LogP contribution in [0.3, 0.4) is 0 Å². The van der Waals surface area contributed by atoms with Crippen LogP contribution in [0.2, 0.25) is 0 Å². The van der Waals surface area contributed by atoms with Crippen molar-refractivity contribution in [3.63, 3.8) is 0 Å². The molecule has 0 radical (unpaired) electrons. The van der Waals surface area contributed by atoms with Crippen LogP contribution < -0.4 is 15.5 Å². The van der Waals surface area contributed by atoms with Crippen molar-refractivity contribution in [3.05, 3.63) is 0 Å². The van der Waals surface area contributed by atoms with Crippen LogP contribution in [-0.2, 0) is 9.59 Å². The number of fused-ring (bicyclic) bond motifs is 1. The van der Waals surface area contributed by atoms with Gasteiger partial charge in [-0.1, -0.05) is 0 Å². The van der Waals surface area contributed by atoms with E-state index in [0.29, 0.717) is 37.9 Å². The number of rotatable bonds is 6. The van der Waals surface area contributed by atoms with Crippen molar-refractivity contribution in [3.8, 4) is 0 Å². The van der Waals surface area contributed by atoms with E-state index in [1.54, 1.807) is 0 Å². The lowest BCUT2D eigenvalue weighted by Crippen LogP contribution is -3.18. The van der Waals surface area contributed by atoms with E-state index in [1.165, 1.54) is 30.7 Å². The Kier molecular flexibility index (Phi) is 8.81. The smallest absolute Gasteiger partial charge is 0.243 e. The molecule has 5 atom stereocenters. The Balaban J connectivity index is 1.09. The van der Waals surface area contributed by atoms with Gasteiger partial charge in [-0.15, -0.1) is 0 Å². The van der Waals surface area contributed by atoms with E-state index in [9.17, 15) is 14.0 Å². The molecule has 1 saturated carbocycles. The first-order chi connectivity index (χ1) is 17.5. The average Bonchev–Trinajstić information content (AvgIpc) is 3.28. The van der Waals surface area contributed by atoms with Crippen molar-refractivity contribution in [2.45, 2.75) is 94.7 Å². The summed E-state index contributed by atoms with van der Waals surface area (Å²) in [6, 6.07) is 0.465. The lowest BCUT2D eigenvalue weighted by molar-refractivity contribution is -0.928. The molecular formula is C27H49FN6O2+2. The first-order valence-electron chi connectivity index (χ1n) is 14.8. The highest BCUT2D eigenvalue weighted by Crippen LogP contribution is 2.29. The highest BCUT2D eigenvalue weighted by molar-refractivity contribution is 5.83.